The first-order chi connectivity index (χ1) is 10.4. The Bertz CT molecular complexity index is 508. The Labute approximate surface area is 133 Å². The van der Waals surface area contributed by atoms with Gasteiger partial charge in [-0.3, -0.25) is 4.79 Å². The van der Waals surface area contributed by atoms with Crippen LogP contribution in [0, 0.1) is 5.41 Å². The predicted molar refractivity (Wildman–Crippen MR) is 89.5 cm³/mol. The number of rotatable bonds is 5. The van der Waals surface area contributed by atoms with Crippen molar-refractivity contribution in [2.24, 2.45) is 5.41 Å². The topological polar surface area (TPSA) is 44.8 Å². The van der Waals surface area contributed by atoms with Crippen molar-refractivity contribution in [1.29, 1.82) is 0 Å². The fourth-order valence-electron chi connectivity index (χ4n) is 2.47. The number of anilines is 1. The molecule has 22 heavy (non-hydrogen) atoms. The lowest BCUT2D eigenvalue weighted by Gasteiger charge is -2.34. The number of nitrogens with one attached hydrogen (secondary N) is 1. The molecular formula is C17H27N3O2. The first-order valence-corrected chi connectivity index (χ1v) is 7.80. The summed E-state index contributed by atoms with van der Waals surface area (Å²) < 4.78 is 5.88. The number of amides is 1. The Morgan fingerprint density at radius 2 is 2.00 bits per heavy atom. The van der Waals surface area contributed by atoms with Crippen molar-refractivity contribution < 1.29 is 9.53 Å². The van der Waals surface area contributed by atoms with E-state index in [0.29, 0.717) is 6.61 Å². The lowest BCUT2D eigenvalue weighted by molar-refractivity contribution is -0.142. The molecule has 0 aromatic heterocycles. The number of nitrogens with zero attached hydrogens (tertiary/aromatic N) is 2. The summed E-state index contributed by atoms with van der Waals surface area (Å²) >= 11 is 0. The normalized spacial score (nSPS) is 15.5. The predicted octanol–water partition coefficient (Wildman–Crippen LogP) is 1.59. The molecule has 0 unspecified atom stereocenters. The van der Waals surface area contributed by atoms with Crippen molar-refractivity contribution in [2.75, 3.05) is 51.8 Å². The van der Waals surface area contributed by atoms with E-state index >= 15 is 0 Å². The molecule has 1 aromatic rings. The summed E-state index contributed by atoms with van der Waals surface area (Å²) in [4.78, 5) is 16.6. The van der Waals surface area contributed by atoms with E-state index in [2.05, 4.69) is 5.32 Å². The van der Waals surface area contributed by atoms with Crippen LogP contribution >= 0.6 is 0 Å². The second kappa shape index (κ2) is 7.01. The number of benzene rings is 1. The van der Waals surface area contributed by atoms with Crippen LogP contribution in [0.5, 0.6) is 5.75 Å². The second-order valence-corrected chi connectivity index (χ2v) is 6.61. The quantitative estimate of drug-likeness (QED) is 0.897. The lowest BCUT2D eigenvalue weighted by Crippen LogP contribution is -2.51. The van der Waals surface area contributed by atoms with E-state index in [0.717, 1.165) is 37.6 Å². The SMILES string of the molecule is CN(C)c1cccc(OCC(C)(C)C(=O)N2CCNCC2)c1. The fourth-order valence-corrected chi connectivity index (χ4v) is 2.47. The molecule has 2 rings (SSSR count). The van der Waals surface area contributed by atoms with Gasteiger partial charge in [-0.25, -0.2) is 0 Å². The van der Waals surface area contributed by atoms with Gasteiger partial charge >= 0.3 is 0 Å². The molecule has 0 bridgehead atoms. The van der Waals surface area contributed by atoms with Gasteiger partial charge in [-0.05, 0) is 26.0 Å². The van der Waals surface area contributed by atoms with Crippen molar-refractivity contribution in [1.82, 2.24) is 10.2 Å². The molecule has 1 N–H and O–H groups in total. The molecule has 1 aliphatic rings. The maximum Gasteiger partial charge on any atom is 0.231 e. The van der Waals surface area contributed by atoms with Crippen LogP contribution in [0.2, 0.25) is 0 Å². The van der Waals surface area contributed by atoms with Gasteiger partial charge in [-0.15, -0.1) is 0 Å². The third-order valence-corrected chi connectivity index (χ3v) is 3.92. The molecule has 1 fully saturated rings. The molecule has 1 aliphatic heterocycles. The first kappa shape index (κ1) is 16.6. The molecule has 1 saturated heterocycles. The summed E-state index contributed by atoms with van der Waals surface area (Å²) in [5, 5.41) is 3.27. The average molecular weight is 305 g/mol. The number of carbonyl (C=O) groups excluding carboxylic acids is 1. The Balaban J connectivity index is 1.96. The van der Waals surface area contributed by atoms with Crippen LogP contribution in [0.1, 0.15) is 13.8 Å². The van der Waals surface area contributed by atoms with Gasteiger partial charge in [0.05, 0.1) is 5.41 Å². The zero-order valence-corrected chi connectivity index (χ0v) is 14.1. The Morgan fingerprint density at radius 3 is 2.64 bits per heavy atom. The maximum absolute atomic E-state index is 12.6. The zero-order chi connectivity index (χ0) is 16.2. The molecule has 0 radical (unpaired) electrons. The van der Waals surface area contributed by atoms with Crippen molar-refractivity contribution in [3.63, 3.8) is 0 Å². The van der Waals surface area contributed by atoms with Gasteiger partial charge in [0.2, 0.25) is 5.91 Å². The third kappa shape index (κ3) is 4.13. The summed E-state index contributed by atoms with van der Waals surface area (Å²) in [5.74, 6) is 0.963. The van der Waals surface area contributed by atoms with E-state index in [-0.39, 0.29) is 5.91 Å². The summed E-state index contributed by atoms with van der Waals surface area (Å²) in [6.07, 6.45) is 0. The van der Waals surface area contributed by atoms with Crippen molar-refractivity contribution >= 4 is 11.6 Å². The molecule has 1 aromatic carbocycles. The van der Waals surface area contributed by atoms with Crippen LogP contribution in [0.4, 0.5) is 5.69 Å². The van der Waals surface area contributed by atoms with Crippen LogP contribution in [0.15, 0.2) is 24.3 Å². The Hall–Kier alpha value is -1.75. The molecule has 1 heterocycles. The smallest absolute Gasteiger partial charge is 0.231 e. The van der Waals surface area contributed by atoms with Gasteiger partial charge in [0.1, 0.15) is 12.4 Å². The lowest BCUT2D eigenvalue weighted by atomic mass is 9.92. The summed E-state index contributed by atoms with van der Waals surface area (Å²) in [6.45, 7) is 7.57. The molecule has 5 nitrogen and oxygen atoms in total. The number of hydrogen-bond acceptors (Lipinski definition) is 4. The molecule has 5 heteroatoms. The summed E-state index contributed by atoms with van der Waals surface area (Å²) in [6, 6.07) is 7.92. The molecule has 1 amide bonds. The number of ether oxygens (including phenoxy) is 1. The van der Waals surface area contributed by atoms with Crippen LogP contribution in [-0.2, 0) is 4.79 Å². The molecule has 122 valence electrons. The van der Waals surface area contributed by atoms with E-state index in [1.165, 1.54) is 0 Å². The van der Waals surface area contributed by atoms with Crippen molar-refractivity contribution in [3.8, 4) is 5.75 Å². The van der Waals surface area contributed by atoms with E-state index in [1.807, 2.05) is 62.0 Å². The highest BCUT2D eigenvalue weighted by Crippen LogP contribution is 2.24. The largest absolute Gasteiger partial charge is 0.492 e. The highest BCUT2D eigenvalue weighted by atomic mass is 16.5. The molecule has 0 spiro atoms. The van der Waals surface area contributed by atoms with E-state index in [1.54, 1.807) is 0 Å². The number of piperazine rings is 1. The molecular weight excluding hydrogens is 278 g/mol. The Morgan fingerprint density at radius 1 is 1.32 bits per heavy atom. The monoisotopic (exact) mass is 305 g/mol. The van der Waals surface area contributed by atoms with Gasteiger partial charge in [-0.2, -0.15) is 0 Å². The average Bonchev–Trinajstić information content (AvgIpc) is 2.53. The van der Waals surface area contributed by atoms with E-state index in [4.69, 9.17) is 4.74 Å². The zero-order valence-electron chi connectivity index (χ0n) is 14.1. The van der Waals surface area contributed by atoms with Gasteiger partial charge in [0, 0.05) is 52.0 Å². The first-order valence-electron chi connectivity index (χ1n) is 7.80. The Kier molecular flexibility index (Phi) is 5.29. The van der Waals surface area contributed by atoms with Crippen molar-refractivity contribution in [3.05, 3.63) is 24.3 Å². The van der Waals surface area contributed by atoms with E-state index < -0.39 is 5.41 Å². The minimum absolute atomic E-state index is 0.165. The summed E-state index contributed by atoms with van der Waals surface area (Å²) in [5.41, 5.74) is 0.564. The standard InChI is InChI=1S/C17H27N3O2/c1-17(2,16(21)20-10-8-18-9-11-20)13-22-15-7-5-6-14(12-15)19(3)4/h5-7,12,18H,8-11,13H2,1-4H3. The number of carbonyl (C=O) groups is 1. The maximum atomic E-state index is 12.6. The van der Waals surface area contributed by atoms with Gasteiger partial charge in [0.25, 0.3) is 0 Å². The minimum atomic E-state index is -0.522. The minimum Gasteiger partial charge on any atom is -0.492 e. The van der Waals surface area contributed by atoms with Crippen LogP contribution < -0.4 is 15.0 Å². The van der Waals surface area contributed by atoms with Crippen molar-refractivity contribution in [2.45, 2.75) is 13.8 Å². The second-order valence-electron chi connectivity index (χ2n) is 6.61. The third-order valence-electron chi connectivity index (χ3n) is 3.92. The van der Waals surface area contributed by atoms with Crippen LogP contribution in [0.25, 0.3) is 0 Å². The highest BCUT2D eigenvalue weighted by molar-refractivity contribution is 5.82. The molecule has 0 aliphatic carbocycles. The fraction of sp³-hybridized carbons (Fsp3) is 0.588. The molecule has 0 atom stereocenters. The van der Waals surface area contributed by atoms with Gasteiger partial charge in [0.15, 0.2) is 0 Å². The summed E-state index contributed by atoms with van der Waals surface area (Å²) in [7, 11) is 3.99. The highest BCUT2D eigenvalue weighted by Gasteiger charge is 2.33. The van der Waals surface area contributed by atoms with Gasteiger partial charge in [-0.1, -0.05) is 6.07 Å². The van der Waals surface area contributed by atoms with Crippen LogP contribution in [-0.4, -0.2) is 57.7 Å². The number of hydrogen-bond donors (Lipinski definition) is 1. The van der Waals surface area contributed by atoms with Crippen LogP contribution in [0.3, 0.4) is 0 Å². The molecule has 0 saturated carbocycles. The van der Waals surface area contributed by atoms with Gasteiger partial charge < -0.3 is 19.9 Å². The van der Waals surface area contributed by atoms with E-state index in [9.17, 15) is 4.79 Å².